The molecule has 16 heavy (non-hydrogen) atoms. The molecule has 0 unspecified atom stereocenters. The molecule has 1 amide bonds. The molecule has 0 aliphatic heterocycles. The first kappa shape index (κ1) is 14.2. The van der Waals surface area contributed by atoms with Crippen LogP contribution in [0.15, 0.2) is 14.3 Å². The summed E-state index contributed by atoms with van der Waals surface area (Å²) in [6, 6.07) is 2.08. The molecule has 6 heteroatoms. The van der Waals surface area contributed by atoms with Crippen molar-refractivity contribution in [2.45, 2.75) is 13.0 Å². The van der Waals surface area contributed by atoms with Crippen LogP contribution < -0.4 is 5.32 Å². The van der Waals surface area contributed by atoms with E-state index in [1.165, 1.54) is 4.88 Å². The van der Waals surface area contributed by atoms with Crippen LogP contribution in [0.3, 0.4) is 0 Å². The minimum atomic E-state index is 0.154. The number of nitrogens with zero attached hydrogens (tertiary/aromatic N) is 1. The first-order chi connectivity index (χ1) is 7.50. The predicted octanol–water partition coefficient (Wildman–Crippen LogP) is 2.84. The Hall–Kier alpha value is 0.0900. The van der Waals surface area contributed by atoms with Gasteiger partial charge in [-0.05, 0) is 37.9 Å². The lowest BCUT2D eigenvalue weighted by Gasteiger charge is -2.09. The van der Waals surface area contributed by atoms with E-state index in [-0.39, 0.29) is 5.91 Å². The Labute approximate surface area is 116 Å². The van der Waals surface area contributed by atoms with Gasteiger partial charge in [0.1, 0.15) is 0 Å². The van der Waals surface area contributed by atoms with Gasteiger partial charge in [-0.1, -0.05) is 0 Å². The molecule has 1 N–H and O–H groups in total. The third kappa shape index (κ3) is 4.53. The first-order valence-electron chi connectivity index (χ1n) is 4.85. The Morgan fingerprint density at radius 1 is 1.50 bits per heavy atom. The number of carbonyl (C=O) groups excluding carboxylic acids is 1. The van der Waals surface area contributed by atoms with Gasteiger partial charge in [0.2, 0.25) is 5.91 Å². The lowest BCUT2D eigenvalue weighted by atomic mass is 10.3. The molecule has 1 aromatic rings. The summed E-state index contributed by atoms with van der Waals surface area (Å²) in [5.41, 5.74) is 0. The summed E-state index contributed by atoms with van der Waals surface area (Å²) < 4.78 is 2.19. The first-order valence-corrected chi connectivity index (χ1v) is 7.25. The van der Waals surface area contributed by atoms with E-state index in [0.29, 0.717) is 13.0 Å². The molecule has 0 radical (unpaired) electrons. The standard InChI is InChI=1S/C10H14Br2N2OS/c1-14(2)9(15)3-4-13-6-7-5-8(11)10(12)16-7/h5,13H,3-4,6H2,1-2H3. The van der Waals surface area contributed by atoms with Crippen LogP contribution in [0.2, 0.25) is 0 Å². The van der Waals surface area contributed by atoms with Crippen LogP contribution in [0.1, 0.15) is 11.3 Å². The zero-order chi connectivity index (χ0) is 12.1. The van der Waals surface area contributed by atoms with Gasteiger partial charge in [0.15, 0.2) is 0 Å². The van der Waals surface area contributed by atoms with E-state index < -0.39 is 0 Å². The van der Waals surface area contributed by atoms with Crippen LogP contribution in [0, 0.1) is 0 Å². The number of hydrogen-bond donors (Lipinski definition) is 1. The van der Waals surface area contributed by atoms with Crippen molar-refractivity contribution >= 4 is 49.1 Å². The second-order valence-corrected chi connectivity index (χ2v) is 6.86. The minimum Gasteiger partial charge on any atom is -0.349 e. The molecule has 3 nitrogen and oxygen atoms in total. The molecule has 1 heterocycles. The van der Waals surface area contributed by atoms with Crippen molar-refractivity contribution in [1.82, 2.24) is 10.2 Å². The largest absolute Gasteiger partial charge is 0.349 e. The highest BCUT2D eigenvalue weighted by atomic mass is 79.9. The molecule has 0 saturated heterocycles. The quantitative estimate of drug-likeness (QED) is 0.809. The van der Waals surface area contributed by atoms with Gasteiger partial charge < -0.3 is 10.2 Å². The maximum Gasteiger partial charge on any atom is 0.223 e. The number of thiophene rings is 1. The number of hydrogen-bond acceptors (Lipinski definition) is 3. The molecular weight excluding hydrogens is 356 g/mol. The van der Waals surface area contributed by atoms with Crippen LogP contribution in [-0.4, -0.2) is 31.4 Å². The summed E-state index contributed by atoms with van der Waals surface area (Å²) in [6.45, 7) is 1.51. The molecule has 0 aliphatic carbocycles. The molecule has 0 atom stereocenters. The highest BCUT2D eigenvalue weighted by molar-refractivity contribution is 9.13. The SMILES string of the molecule is CN(C)C(=O)CCNCc1cc(Br)c(Br)s1. The number of amides is 1. The third-order valence-corrected chi connectivity index (χ3v) is 5.27. The zero-order valence-electron chi connectivity index (χ0n) is 9.22. The van der Waals surface area contributed by atoms with Gasteiger partial charge in [0, 0.05) is 43.0 Å². The van der Waals surface area contributed by atoms with Gasteiger partial charge in [-0.3, -0.25) is 4.79 Å². The second-order valence-electron chi connectivity index (χ2n) is 3.55. The fourth-order valence-corrected chi connectivity index (χ4v) is 3.26. The number of nitrogens with one attached hydrogen (secondary N) is 1. The molecule has 1 aromatic heterocycles. The van der Waals surface area contributed by atoms with Crippen molar-refractivity contribution in [3.05, 3.63) is 19.2 Å². The smallest absolute Gasteiger partial charge is 0.223 e. The van der Waals surface area contributed by atoms with E-state index in [1.54, 1.807) is 30.3 Å². The van der Waals surface area contributed by atoms with Crippen molar-refractivity contribution in [3.63, 3.8) is 0 Å². The molecule has 0 fully saturated rings. The Bertz CT molecular complexity index is 346. The Kier molecular flexibility index (Phi) is 5.96. The summed E-state index contributed by atoms with van der Waals surface area (Å²) in [5, 5.41) is 3.25. The van der Waals surface area contributed by atoms with Crippen molar-refractivity contribution < 1.29 is 4.79 Å². The highest BCUT2D eigenvalue weighted by Crippen LogP contribution is 2.32. The number of rotatable bonds is 5. The van der Waals surface area contributed by atoms with E-state index in [2.05, 4.69) is 43.2 Å². The summed E-state index contributed by atoms with van der Waals surface area (Å²) in [5.74, 6) is 0.154. The van der Waals surface area contributed by atoms with Crippen molar-refractivity contribution in [3.8, 4) is 0 Å². The van der Waals surface area contributed by atoms with Gasteiger partial charge in [0.05, 0.1) is 3.79 Å². The van der Waals surface area contributed by atoms with Crippen molar-refractivity contribution in [2.24, 2.45) is 0 Å². The van der Waals surface area contributed by atoms with E-state index in [9.17, 15) is 4.79 Å². The van der Waals surface area contributed by atoms with E-state index >= 15 is 0 Å². The van der Waals surface area contributed by atoms with Gasteiger partial charge in [-0.25, -0.2) is 0 Å². The lowest BCUT2D eigenvalue weighted by Crippen LogP contribution is -2.26. The minimum absolute atomic E-state index is 0.154. The summed E-state index contributed by atoms with van der Waals surface area (Å²) in [6.07, 6.45) is 0.542. The predicted molar refractivity (Wildman–Crippen MR) is 74.7 cm³/mol. The van der Waals surface area contributed by atoms with Gasteiger partial charge in [-0.15, -0.1) is 11.3 Å². The van der Waals surface area contributed by atoms with Crippen LogP contribution in [-0.2, 0) is 11.3 Å². The topological polar surface area (TPSA) is 32.3 Å². The number of carbonyl (C=O) groups is 1. The monoisotopic (exact) mass is 368 g/mol. The van der Waals surface area contributed by atoms with Gasteiger partial charge >= 0.3 is 0 Å². The molecule has 0 aromatic carbocycles. The third-order valence-electron chi connectivity index (χ3n) is 2.01. The normalized spacial score (nSPS) is 10.5. The van der Waals surface area contributed by atoms with Gasteiger partial charge in [-0.2, -0.15) is 0 Å². The molecule has 0 spiro atoms. The molecular formula is C10H14Br2N2OS. The van der Waals surface area contributed by atoms with E-state index in [1.807, 2.05) is 0 Å². The zero-order valence-corrected chi connectivity index (χ0v) is 13.2. The van der Waals surface area contributed by atoms with Gasteiger partial charge in [0.25, 0.3) is 0 Å². The van der Waals surface area contributed by atoms with Crippen LogP contribution >= 0.6 is 43.2 Å². The lowest BCUT2D eigenvalue weighted by molar-refractivity contribution is -0.128. The summed E-state index contributed by atoms with van der Waals surface area (Å²) in [7, 11) is 3.55. The molecule has 0 bridgehead atoms. The molecule has 0 saturated carbocycles. The summed E-state index contributed by atoms with van der Waals surface area (Å²) in [4.78, 5) is 14.1. The maximum atomic E-state index is 11.3. The van der Waals surface area contributed by atoms with Crippen molar-refractivity contribution in [1.29, 1.82) is 0 Å². The second kappa shape index (κ2) is 6.74. The average Bonchev–Trinajstić information content (AvgIpc) is 2.53. The fourth-order valence-electron chi connectivity index (χ4n) is 1.11. The van der Waals surface area contributed by atoms with Crippen LogP contribution in [0.5, 0.6) is 0 Å². The average molecular weight is 370 g/mol. The Morgan fingerprint density at radius 3 is 2.69 bits per heavy atom. The van der Waals surface area contributed by atoms with Crippen LogP contribution in [0.25, 0.3) is 0 Å². The molecule has 1 rings (SSSR count). The van der Waals surface area contributed by atoms with E-state index in [0.717, 1.165) is 14.8 Å². The van der Waals surface area contributed by atoms with Crippen LogP contribution in [0.4, 0.5) is 0 Å². The highest BCUT2D eigenvalue weighted by Gasteiger charge is 2.05. The Morgan fingerprint density at radius 2 is 2.19 bits per heavy atom. The Balaban J connectivity index is 2.23. The molecule has 90 valence electrons. The summed E-state index contributed by atoms with van der Waals surface area (Å²) >= 11 is 8.58. The fraction of sp³-hybridized carbons (Fsp3) is 0.500. The molecule has 0 aliphatic rings. The number of halogens is 2. The van der Waals surface area contributed by atoms with E-state index in [4.69, 9.17) is 0 Å². The maximum absolute atomic E-state index is 11.3. The van der Waals surface area contributed by atoms with Crippen molar-refractivity contribution in [2.75, 3.05) is 20.6 Å².